The van der Waals surface area contributed by atoms with E-state index in [1.54, 1.807) is 10.9 Å². The summed E-state index contributed by atoms with van der Waals surface area (Å²) in [5, 5.41) is 4.32. The molecule has 0 aliphatic carbocycles. The van der Waals surface area contributed by atoms with Gasteiger partial charge in [-0.1, -0.05) is 38.1 Å². The summed E-state index contributed by atoms with van der Waals surface area (Å²) < 4.78 is 3.70. The van der Waals surface area contributed by atoms with Gasteiger partial charge >= 0.3 is 0 Å². The fourth-order valence-corrected chi connectivity index (χ4v) is 3.91. The summed E-state index contributed by atoms with van der Waals surface area (Å²) in [5.41, 5.74) is 3.36. The second-order valence-electron chi connectivity index (χ2n) is 8.06. The molecule has 0 unspecified atom stereocenters. The molecule has 2 aromatic heterocycles. The highest BCUT2D eigenvalue weighted by molar-refractivity contribution is 5.97. The van der Waals surface area contributed by atoms with Gasteiger partial charge in [0.1, 0.15) is 11.4 Å². The molecule has 0 atom stereocenters. The topological polar surface area (TPSA) is 46.3 Å². The summed E-state index contributed by atoms with van der Waals surface area (Å²) in [6.45, 7) is 8.62. The number of nitrogens with zero attached hydrogens (tertiary/aromatic N) is 5. The number of carbonyl (C=O) groups excluding carboxylic acids is 1. The zero-order chi connectivity index (χ0) is 20.4. The van der Waals surface area contributed by atoms with Crippen LogP contribution < -0.4 is 0 Å². The fourth-order valence-electron chi connectivity index (χ4n) is 3.91. The number of piperazine rings is 1. The summed E-state index contributed by atoms with van der Waals surface area (Å²) in [5.74, 6) is 1.43. The van der Waals surface area contributed by atoms with Crippen LogP contribution >= 0.6 is 0 Å². The predicted octanol–water partition coefficient (Wildman–Crippen LogP) is 3.29. The van der Waals surface area contributed by atoms with Crippen LogP contribution in [0.5, 0.6) is 0 Å². The van der Waals surface area contributed by atoms with Crippen LogP contribution in [0.15, 0.2) is 55.0 Å². The number of hydrogen-bond donors (Lipinski definition) is 0. The lowest BCUT2D eigenvalue weighted by molar-refractivity contribution is 0.0628. The largest absolute Gasteiger partial charge is 0.336 e. The summed E-state index contributed by atoms with van der Waals surface area (Å²) in [7, 11) is 1.87. The standard InChI is InChI=1S/C23H29N5O/c1-18(2)20-8-6-19(7-9-20)17-26-12-14-28(15-13-26)23(29)21-16-24-25(3)22(21)27-10-4-5-11-27/h4-11,16,18H,12-15,17H2,1-3H3. The van der Waals surface area contributed by atoms with Gasteiger partial charge in [0.15, 0.2) is 0 Å². The Balaban J connectivity index is 1.38. The molecule has 0 N–H and O–H groups in total. The van der Waals surface area contributed by atoms with E-state index in [-0.39, 0.29) is 5.91 Å². The predicted molar refractivity (Wildman–Crippen MR) is 114 cm³/mol. The highest BCUT2D eigenvalue weighted by Gasteiger charge is 2.26. The molecule has 0 saturated carbocycles. The molecule has 1 aliphatic heterocycles. The van der Waals surface area contributed by atoms with Crippen LogP contribution in [-0.2, 0) is 13.6 Å². The van der Waals surface area contributed by atoms with E-state index < -0.39 is 0 Å². The lowest BCUT2D eigenvalue weighted by Gasteiger charge is -2.34. The van der Waals surface area contributed by atoms with E-state index in [9.17, 15) is 4.79 Å². The van der Waals surface area contributed by atoms with Crippen molar-refractivity contribution in [2.75, 3.05) is 26.2 Å². The Morgan fingerprint density at radius 2 is 1.69 bits per heavy atom. The van der Waals surface area contributed by atoms with Crippen molar-refractivity contribution in [1.29, 1.82) is 0 Å². The molecule has 152 valence electrons. The van der Waals surface area contributed by atoms with E-state index in [2.05, 4.69) is 48.1 Å². The van der Waals surface area contributed by atoms with E-state index in [4.69, 9.17) is 0 Å². The van der Waals surface area contributed by atoms with Gasteiger partial charge in [-0.05, 0) is 29.2 Å². The highest BCUT2D eigenvalue weighted by Crippen LogP contribution is 2.19. The Labute approximate surface area is 172 Å². The first-order valence-corrected chi connectivity index (χ1v) is 10.3. The number of amides is 1. The highest BCUT2D eigenvalue weighted by atomic mass is 16.2. The average Bonchev–Trinajstić information content (AvgIpc) is 3.38. The first-order chi connectivity index (χ1) is 14.0. The van der Waals surface area contributed by atoms with E-state index >= 15 is 0 Å². The molecule has 3 heterocycles. The minimum atomic E-state index is 0.0581. The second kappa shape index (κ2) is 8.25. The molecule has 29 heavy (non-hydrogen) atoms. The molecule has 0 spiro atoms. The van der Waals surface area contributed by atoms with Gasteiger partial charge in [0, 0.05) is 52.2 Å². The van der Waals surface area contributed by atoms with Gasteiger partial charge in [-0.15, -0.1) is 0 Å². The normalized spacial score (nSPS) is 15.2. The van der Waals surface area contributed by atoms with Crippen molar-refractivity contribution in [3.63, 3.8) is 0 Å². The molecule has 1 aromatic carbocycles. The quantitative estimate of drug-likeness (QED) is 0.670. The molecule has 1 saturated heterocycles. The van der Waals surface area contributed by atoms with Gasteiger partial charge in [-0.2, -0.15) is 5.10 Å². The van der Waals surface area contributed by atoms with Crippen LogP contribution in [0, 0.1) is 0 Å². The molecular weight excluding hydrogens is 362 g/mol. The average molecular weight is 392 g/mol. The minimum Gasteiger partial charge on any atom is -0.336 e. The van der Waals surface area contributed by atoms with Crippen molar-refractivity contribution >= 4 is 5.91 Å². The van der Waals surface area contributed by atoms with Crippen LogP contribution in [0.3, 0.4) is 0 Å². The van der Waals surface area contributed by atoms with Gasteiger partial charge in [0.05, 0.1) is 6.20 Å². The van der Waals surface area contributed by atoms with Gasteiger partial charge < -0.3 is 9.47 Å². The van der Waals surface area contributed by atoms with E-state index in [0.717, 1.165) is 38.5 Å². The lowest BCUT2D eigenvalue weighted by atomic mass is 10.0. The molecular formula is C23H29N5O. The molecule has 1 fully saturated rings. The monoisotopic (exact) mass is 391 g/mol. The Morgan fingerprint density at radius 3 is 2.31 bits per heavy atom. The molecule has 0 bridgehead atoms. The van der Waals surface area contributed by atoms with Crippen molar-refractivity contribution < 1.29 is 4.79 Å². The van der Waals surface area contributed by atoms with Gasteiger partial charge in [0.25, 0.3) is 5.91 Å². The first-order valence-electron chi connectivity index (χ1n) is 10.3. The summed E-state index contributed by atoms with van der Waals surface area (Å²) in [6.07, 6.45) is 5.56. The van der Waals surface area contributed by atoms with Crippen LogP contribution in [0.25, 0.3) is 5.82 Å². The van der Waals surface area contributed by atoms with Crippen LogP contribution in [0.4, 0.5) is 0 Å². The molecule has 6 heteroatoms. The molecule has 0 radical (unpaired) electrons. The van der Waals surface area contributed by atoms with Crippen molar-refractivity contribution in [2.24, 2.45) is 7.05 Å². The smallest absolute Gasteiger partial charge is 0.259 e. The first kappa shape index (κ1) is 19.5. The molecule has 6 nitrogen and oxygen atoms in total. The van der Waals surface area contributed by atoms with E-state index in [0.29, 0.717) is 11.5 Å². The summed E-state index contributed by atoms with van der Waals surface area (Å²) in [6, 6.07) is 12.8. The third-order valence-electron chi connectivity index (χ3n) is 5.70. The Morgan fingerprint density at radius 1 is 1.03 bits per heavy atom. The van der Waals surface area contributed by atoms with Gasteiger partial charge in [-0.25, -0.2) is 0 Å². The maximum absolute atomic E-state index is 13.1. The zero-order valence-corrected chi connectivity index (χ0v) is 17.5. The number of rotatable bonds is 5. The lowest BCUT2D eigenvalue weighted by Crippen LogP contribution is -2.48. The summed E-state index contributed by atoms with van der Waals surface area (Å²) in [4.78, 5) is 17.5. The van der Waals surface area contributed by atoms with Crippen LogP contribution in [-0.4, -0.2) is 56.2 Å². The Hall–Kier alpha value is -2.86. The third kappa shape index (κ3) is 4.12. The van der Waals surface area contributed by atoms with E-state index in [1.807, 2.05) is 41.0 Å². The van der Waals surface area contributed by atoms with E-state index in [1.165, 1.54) is 11.1 Å². The third-order valence-corrected chi connectivity index (χ3v) is 5.70. The van der Waals surface area contributed by atoms with Crippen molar-refractivity contribution in [3.8, 4) is 5.82 Å². The van der Waals surface area contributed by atoms with Crippen LogP contribution in [0.2, 0.25) is 0 Å². The summed E-state index contributed by atoms with van der Waals surface area (Å²) >= 11 is 0. The van der Waals surface area contributed by atoms with Crippen LogP contribution in [0.1, 0.15) is 41.3 Å². The van der Waals surface area contributed by atoms with Crippen molar-refractivity contribution in [1.82, 2.24) is 24.1 Å². The number of aryl methyl sites for hydroxylation is 1. The molecule has 4 rings (SSSR count). The molecule has 3 aromatic rings. The number of hydrogen-bond acceptors (Lipinski definition) is 3. The SMILES string of the molecule is CC(C)c1ccc(CN2CCN(C(=O)c3cnn(C)c3-n3cccc3)CC2)cc1. The fraction of sp³-hybridized carbons (Fsp3) is 0.391. The maximum atomic E-state index is 13.1. The Kier molecular flexibility index (Phi) is 5.53. The minimum absolute atomic E-state index is 0.0581. The van der Waals surface area contributed by atoms with Crippen molar-refractivity contribution in [3.05, 3.63) is 71.7 Å². The molecule has 1 aliphatic rings. The number of aromatic nitrogens is 3. The number of carbonyl (C=O) groups is 1. The van der Waals surface area contributed by atoms with Gasteiger partial charge in [0.2, 0.25) is 0 Å². The zero-order valence-electron chi connectivity index (χ0n) is 17.5. The molecule has 1 amide bonds. The Bertz CT molecular complexity index is 948. The second-order valence-corrected chi connectivity index (χ2v) is 8.06. The van der Waals surface area contributed by atoms with Gasteiger partial charge in [-0.3, -0.25) is 14.4 Å². The maximum Gasteiger partial charge on any atom is 0.259 e. The van der Waals surface area contributed by atoms with Crippen molar-refractivity contribution in [2.45, 2.75) is 26.3 Å². The number of benzene rings is 1.